The Balaban J connectivity index is 1.10. The molecule has 0 spiro atoms. The van der Waals surface area contributed by atoms with Gasteiger partial charge in [0.1, 0.15) is 5.75 Å². The van der Waals surface area contributed by atoms with Crippen molar-refractivity contribution in [2.75, 3.05) is 0 Å². The van der Waals surface area contributed by atoms with Crippen molar-refractivity contribution >= 4 is 5.97 Å². The Morgan fingerprint density at radius 3 is 2.28 bits per heavy atom. The molecule has 5 heteroatoms. The molecular weight excluding hydrogens is 448 g/mol. The van der Waals surface area contributed by atoms with E-state index in [-0.39, 0.29) is 12.1 Å². The minimum absolute atomic E-state index is 0.0292. The van der Waals surface area contributed by atoms with Crippen LogP contribution in [0.4, 0.5) is 0 Å². The van der Waals surface area contributed by atoms with Crippen molar-refractivity contribution in [3.63, 3.8) is 0 Å². The van der Waals surface area contributed by atoms with E-state index in [1.165, 1.54) is 89.0 Å². The smallest absolute Gasteiger partial charge is 0.343 e. The van der Waals surface area contributed by atoms with Crippen molar-refractivity contribution in [3.8, 4) is 17.1 Å². The summed E-state index contributed by atoms with van der Waals surface area (Å²) in [7, 11) is 0. The van der Waals surface area contributed by atoms with Crippen LogP contribution in [0.3, 0.4) is 0 Å². The van der Waals surface area contributed by atoms with E-state index >= 15 is 0 Å². The first kappa shape index (κ1) is 26.8. The summed E-state index contributed by atoms with van der Waals surface area (Å²) in [5.41, 5.74) is 2.11. The molecule has 1 aromatic heterocycles. The molecule has 2 atom stereocenters. The summed E-state index contributed by atoms with van der Waals surface area (Å²) in [6, 6.07) is 7.40. The molecule has 5 nitrogen and oxygen atoms in total. The summed E-state index contributed by atoms with van der Waals surface area (Å²) in [5.74, 6) is 1.97. The van der Waals surface area contributed by atoms with Crippen molar-refractivity contribution in [3.05, 3.63) is 42.2 Å². The van der Waals surface area contributed by atoms with Crippen LogP contribution in [-0.4, -0.2) is 28.1 Å². The minimum Gasteiger partial charge on any atom is -0.425 e. The van der Waals surface area contributed by atoms with Gasteiger partial charge in [0, 0.05) is 18.0 Å². The lowest BCUT2D eigenvalue weighted by Crippen LogP contribution is -2.17. The molecule has 36 heavy (non-hydrogen) atoms. The first-order chi connectivity index (χ1) is 17.7. The van der Waals surface area contributed by atoms with Crippen molar-refractivity contribution in [1.82, 2.24) is 9.97 Å². The molecule has 1 aromatic carbocycles. The van der Waals surface area contributed by atoms with Gasteiger partial charge in [-0.3, -0.25) is 0 Å². The van der Waals surface area contributed by atoms with Gasteiger partial charge in [0.05, 0.1) is 6.10 Å². The fourth-order valence-corrected chi connectivity index (χ4v) is 5.41. The molecular formula is C31H44N2O3. The SMILES string of the molecule is CCCCC[C@@H]1O[C@H]1C(=O)Oc1ccc(-c2ncc(CCCCCCCCC3CCCC3)cn2)cc1. The van der Waals surface area contributed by atoms with Gasteiger partial charge in [-0.05, 0) is 55.0 Å². The zero-order valence-corrected chi connectivity index (χ0v) is 22.1. The summed E-state index contributed by atoms with van der Waals surface area (Å²) in [6.07, 6.45) is 24.3. The molecule has 196 valence electrons. The first-order valence-corrected chi connectivity index (χ1v) is 14.5. The lowest BCUT2D eigenvalue weighted by Gasteiger charge is -2.08. The van der Waals surface area contributed by atoms with Crippen LogP contribution < -0.4 is 4.74 Å². The van der Waals surface area contributed by atoms with Gasteiger partial charge < -0.3 is 9.47 Å². The Bertz CT molecular complexity index is 906. The fraction of sp³-hybridized carbons (Fsp3) is 0.645. The van der Waals surface area contributed by atoms with Crippen LogP contribution in [0.15, 0.2) is 36.7 Å². The molecule has 2 aromatic rings. The average Bonchev–Trinajstić information content (AvgIpc) is 3.49. The zero-order chi connectivity index (χ0) is 25.0. The molecule has 0 bridgehead atoms. The molecule has 1 aliphatic heterocycles. The Kier molecular flexibility index (Phi) is 10.8. The highest BCUT2D eigenvalue weighted by Crippen LogP contribution is 2.30. The number of ether oxygens (including phenoxy) is 2. The number of carbonyl (C=O) groups excluding carboxylic acids is 1. The van der Waals surface area contributed by atoms with Crippen LogP contribution in [0.1, 0.15) is 109 Å². The van der Waals surface area contributed by atoms with E-state index in [0.717, 1.165) is 30.7 Å². The van der Waals surface area contributed by atoms with Gasteiger partial charge in [-0.1, -0.05) is 90.4 Å². The predicted octanol–water partition coefficient (Wildman–Crippen LogP) is 7.86. The summed E-state index contributed by atoms with van der Waals surface area (Å²) >= 11 is 0. The molecule has 0 N–H and O–H groups in total. The van der Waals surface area contributed by atoms with Crippen molar-refractivity contribution in [1.29, 1.82) is 0 Å². The highest BCUT2D eigenvalue weighted by molar-refractivity contribution is 5.80. The number of hydrogen-bond donors (Lipinski definition) is 0. The minimum atomic E-state index is -0.404. The third kappa shape index (κ3) is 8.69. The number of aromatic nitrogens is 2. The monoisotopic (exact) mass is 492 g/mol. The lowest BCUT2D eigenvalue weighted by molar-refractivity contribution is -0.135. The third-order valence-electron chi connectivity index (χ3n) is 7.75. The van der Waals surface area contributed by atoms with E-state index in [1.54, 1.807) is 12.1 Å². The van der Waals surface area contributed by atoms with Crippen LogP contribution >= 0.6 is 0 Å². The molecule has 0 unspecified atom stereocenters. The van der Waals surface area contributed by atoms with Gasteiger partial charge in [-0.15, -0.1) is 0 Å². The second-order valence-corrected chi connectivity index (χ2v) is 10.8. The van der Waals surface area contributed by atoms with E-state index in [2.05, 4.69) is 16.9 Å². The summed E-state index contributed by atoms with van der Waals surface area (Å²) in [4.78, 5) is 21.4. The first-order valence-electron chi connectivity index (χ1n) is 14.5. The molecule has 2 fully saturated rings. The largest absolute Gasteiger partial charge is 0.425 e. The van der Waals surface area contributed by atoms with Gasteiger partial charge in [0.15, 0.2) is 11.9 Å². The number of nitrogens with zero attached hydrogens (tertiary/aromatic N) is 2. The van der Waals surface area contributed by atoms with Gasteiger partial charge in [-0.25, -0.2) is 14.8 Å². The van der Waals surface area contributed by atoms with Crippen LogP contribution in [-0.2, 0) is 16.0 Å². The quantitative estimate of drug-likeness (QED) is 0.103. The average molecular weight is 493 g/mol. The second-order valence-electron chi connectivity index (χ2n) is 10.8. The molecule has 2 heterocycles. The van der Waals surface area contributed by atoms with E-state index in [1.807, 2.05) is 24.5 Å². The van der Waals surface area contributed by atoms with Crippen LogP contribution in [0.25, 0.3) is 11.4 Å². The van der Waals surface area contributed by atoms with Crippen molar-refractivity contribution in [2.24, 2.45) is 5.92 Å². The lowest BCUT2D eigenvalue weighted by atomic mass is 9.99. The Morgan fingerprint density at radius 2 is 1.56 bits per heavy atom. The molecule has 4 rings (SSSR count). The molecule has 1 saturated carbocycles. The van der Waals surface area contributed by atoms with Gasteiger partial charge in [0.2, 0.25) is 0 Å². The highest BCUT2D eigenvalue weighted by Gasteiger charge is 2.45. The maximum absolute atomic E-state index is 12.3. The maximum atomic E-state index is 12.3. The number of aryl methyl sites for hydroxylation is 1. The van der Waals surface area contributed by atoms with E-state index in [9.17, 15) is 4.79 Å². The van der Waals surface area contributed by atoms with Crippen LogP contribution in [0.2, 0.25) is 0 Å². The topological polar surface area (TPSA) is 64.6 Å². The number of benzene rings is 1. The summed E-state index contributed by atoms with van der Waals surface area (Å²) in [5, 5.41) is 0. The number of rotatable bonds is 16. The number of epoxide rings is 1. The molecule has 0 amide bonds. The summed E-state index contributed by atoms with van der Waals surface area (Å²) < 4.78 is 11.0. The van der Waals surface area contributed by atoms with Crippen LogP contribution in [0.5, 0.6) is 5.75 Å². The van der Waals surface area contributed by atoms with E-state index < -0.39 is 6.10 Å². The number of esters is 1. The highest BCUT2D eigenvalue weighted by atomic mass is 16.6. The Labute approximate surface area is 217 Å². The van der Waals surface area contributed by atoms with Crippen LogP contribution in [0, 0.1) is 5.92 Å². The van der Waals surface area contributed by atoms with Gasteiger partial charge in [0.25, 0.3) is 0 Å². The van der Waals surface area contributed by atoms with E-state index in [4.69, 9.17) is 9.47 Å². The molecule has 1 aliphatic carbocycles. The van der Waals surface area contributed by atoms with Crippen molar-refractivity contribution < 1.29 is 14.3 Å². The van der Waals surface area contributed by atoms with Gasteiger partial charge in [-0.2, -0.15) is 0 Å². The third-order valence-corrected chi connectivity index (χ3v) is 7.75. The number of carbonyl (C=O) groups is 1. The maximum Gasteiger partial charge on any atom is 0.343 e. The number of hydrogen-bond acceptors (Lipinski definition) is 5. The van der Waals surface area contributed by atoms with Gasteiger partial charge >= 0.3 is 5.97 Å². The Hall–Kier alpha value is -2.27. The Morgan fingerprint density at radius 1 is 0.889 bits per heavy atom. The summed E-state index contributed by atoms with van der Waals surface area (Å²) in [6.45, 7) is 2.17. The van der Waals surface area contributed by atoms with Crippen molar-refractivity contribution in [2.45, 2.75) is 122 Å². The number of unbranched alkanes of at least 4 members (excludes halogenated alkanes) is 7. The zero-order valence-electron chi connectivity index (χ0n) is 22.1. The standard InChI is InChI=1S/C31H44N2O3/c1-2-3-8-17-28-29(36-28)31(34)35-27-20-18-26(19-21-27)30-32-22-25(23-33-30)16-10-7-5-4-6-9-13-24-14-11-12-15-24/h18-24,28-29H,2-17H2,1H3/t28-,29+/m0/s1. The normalized spacial score (nSPS) is 19.5. The molecule has 1 saturated heterocycles. The predicted molar refractivity (Wildman–Crippen MR) is 144 cm³/mol. The molecule has 2 aliphatic rings. The molecule has 0 radical (unpaired) electrons. The van der Waals surface area contributed by atoms with E-state index in [0.29, 0.717) is 11.6 Å². The second kappa shape index (κ2) is 14.5. The fourth-order valence-electron chi connectivity index (χ4n) is 5.41.